The summed E-state index contributed by atoms with van der Waals surface area (Å²) in [6.45, 7) is 2.91. The highest BCUT2D eigenvalue weighted by Gasteiger charge is 2.30. The van der Waals surface area contributed by atoms with Crippen molar-refractivity contribution in [1.82, 2.24) is 9.62 Å². The average Bonchev–Trinajstić information content (AvgIpc) is 2.84. The van der Waals surface area contributed by atoms with Crippen LogP contribution in [0.25, 0.3) is 0 Å². The normalized spacial score (nSPS) is 19.7. The van der Waals surface area contributed by atoms with Crippen LogP contribution in [0, 0.1) is 0 Å². The number of nitrogens with one attached hydrogen (secondary N) is 2. The Morgan fingerprint density at radius 2 is 1.47 bits per heavy atom. The van der Waals surface area contributed by atoms with Gasteiger partial charge in [0.25, 0.3) is 5.91 Å². The lowest BCUT2D eigenvalue weighted by Crippen LogP contribution is -2.48. The number of anilines is 2. The largest absolute Gasteiger partial charge is 0.368 e. The van der Waals surface area contributed by atoms with Crippen LogP contribution >= 0.6 is 0 Å². The van der Waals surface area contributed by atoms with Crippen molar-refractivity contribution in [3.63, 3.8) is 0 Å². The van der Waals surface area contributed by atoms with Gasteiger partial charge in [0, 0.05) is 37.4 Å². The molecule has 5 rings (SSSR count). The van der Waals surface area contributed by atoms with Gasteiger partial charge in [-0.2, -0.15) is 4.72 Å². The van der Waals surface area contributed by atoms with Crippen molar-refractivity contribution < 1.29 is 13.2 Å². The summed E-state index contributed by atoms with van der Waals surface area (Å²) in [6, 6.07) is 24.1. The topological polar surface area (TPSA) is 81.7 Å². The first-order valence-corrected chi connectivity index (χ1v) is 12.1. The third-order valence-corrected chi connectivity index (χ3v) is 7.41. The molecule has 0 aliphatic carbocycles. The number of amides is 1. The molecule has 2 N–H and O–H groups in total. The predicted octanol–water partition coefficient (Wildman–Crippen LogP) is 3.05. The second-order valence-electron chi connectivity index (χ2n) is 7.93. The van der Waals surface area contributed by atoms with E-state index in [2.05, 4.69) is 27.1 Å². The molecule has 0 unspecified atom stereocenters. The number of para-hydroxylation sites is 2. The number of sulfonamides is 1. The summed E-state index contributed by atoms with van der Waals surface area (Å²) in [5.41, 5.74) is 3.08. The molecule has 1 saturated heterocycles. The molecule has 32 heavy (non-hydrogen) atoms. The number of carbonyl (C=O) groups excluding carboxylic acids is 1. The summed E-state index contributed by atoms with van der Waals surface area (Å²) >= 11 is 0. The van der Waals surface area contributed by atoms with Crippen LogP contribution in [0.4, 0.5) is 11.4 Å². The Labute approximate surface area is 187 Å². The number of rotatable bonds is 3. The summed E-state index contributed by atoms with van der Waals surface area (Å²) in [4.78, 5) is 17.4. The minimum Gasteiger partial charge on any atom is -0.368 e. The molecule has 164 valence electrons. The van der Waals surface area contributed by atoms with E-state index in [1.54, 1.807) is 48.5 Å². The maximum Gasteiger partial charge on any atom is 0.253 e. The van der Waals surface area contributed by atoms with Gasteiger partial charge in [-0.15, -0.1) is 0 Å². The van der Waals surface area contributed by atoms with Crippen LogP contribution in [0.5, 0.6) is 0 Å². The molecular formula is C24H24N4O3S. The Morgan fingerprint density at radius 1 is 0.812 bits per heavy atom. The van der Waals surface area contributed by atoms with E-state index in [4.69, 9.17) is 0 Å². The lowest BCUT2D eigenvalue weighted by molar-refractivity contribution is 0.0746. The second kappa shape index (κ2) is 8.29. The number of hydrogen-bond acceptors (Lipinski definition) is 5. The zero-order valence-corrected chi connectivity index (χ0v) is 18.3. The molecule has 1 atom stereocenters. The van der Waals surface area contributed by atoms with E-state index in [1.165, 1.54) is 5.69 Å². The molecule has 2 aliphatic rings. The summed E-state index contributed by atoms with van der Waals surface area (Å²) in [7, 11) is -3.60. The molecule has 1 amide bonds. The fourth-order valence-corrected chi connectivity index (χ4v) is 5.49. The lowest BCUT2D eigenvalue weighted by Gasteiger charge is -2.36. The highest BCUT2D eigenvalue weighted by molar-refractivity contribution is 7.89. The van der Waals surface area contributed by atoms with Gasteiger partial charge in [0.1, 0.15) is 11.1 Å². The molecule has 0 saturated carbocycles. The van der Waals surface area contributed by atoms with E-state index in [1.807, 2.05) is 23.1 Å². The maximum absolute atomic E-state index is 13.0. The Balaban J connectivity index is 1.26. The van der Waals surface area contributed by atoms with Crippen LogP contribution in [0.1, 0.15) is 22.1 Å². The summed E-state index contributed by atoms with van der Waals surface area (Å²) in [5, 5.41) is 3.21. The Morgan fingerprint density at radius 3 is 2.19 bits per heavy atom. The van der Waals surface area contributed by atoms with Crippen LogP contribution in [0.15, 0.2) is 83.8 Å². The van der Waals surface area contributed by atoms with Gasteiger partial charge in [0.15, 0.2) is 0 Å². The van der Waals surface area contributed by atoms with Gasteiger partial charge in [-0.25, -0.2) is 8.42 Å². The van der Waals surface area contributed by atoms with Crippen LogP contribution in [0.2, 0.25) is 0 Å². The quantitative estimate of drug-likeness (QED) is 0.644. The van der Waals surface area contributed by atoms with E-state index in [0.29, 0.717) is 24.3 Å². The van der Waals surface area contributed by atoms with E-state index >= 15 is 0 Å². The van der Waals surface area contributed by atoms with E-state index < -0.39 is 16.2 Å². The lowest BCUT2D eigenvalue weighted by atomic mass is 10.1. The highest BCUT2D eigenvalue weighted by Crippen LogP contribution is 2.31. The number of benzene rings is 3. The number of fused-ring (bicyclic) bond motifs is 1. The second-order valence-corrected chi connectivity index (χ2v) is 9.61. The van der Waals surface area contributed by atoms with Crippen LogP contribution in [0.3, 0.4) is 0 Å². The van der Waals surface area contributed by atoms with E-state index in [-0.39, 0.29) is 10.8 Å². The number of carbonyl (C=O) groups is 1. The van der Waals surface area contributed by atoms with Gasteiger partial charge in [-0.1, -0.05) is 42.5 Å². The molecular weight excluding hydrogens is 424 g/mol. The minimum absolute atomic E-state index is 0.00760. The first-order valence-electron chi connectivity index (χ1n) is 10.6. The summed E-state index contributed by atoms with van der Waals surface area (Å²) < 4.78 is 27.8. The van der Waals surface area contributed by atoms with Crippen molar-refractivity contribution in [2.45, 2.75) is 11.1 Å². The Bertz CT molecular complexity index is 1220. The standard InChI is InChI=1S/C24H24N4O3S/c29-24(28-16-14-27(15-17-28)20-6-2-1-3-7-20)19-12-10-18(11-13-19)23-25-21-8-4-5-9-22(21)32(30,31)26-23/h1-13,23,25-26H,14-17H2/t23-/m1/s1. The van der Waals surface area contributed by atoms with Crippen molar-refractivity contribution in [3.05, 3.63) is 90.0 Å². The van der Waals surface area contributed by atoms with Crippen LogP contribution in [-0.2, 0) is 10.0 Å². The van der Waals surface area contributed by atoms with Gasteiger partial charge < -0.3 is 15.1 Å². The fraction of sp³-hybridized carbons (Fsp3) is 0.208. The molecule has 0 aromatic heterocycles. The third-order valence-electron chi connectivity index (χ3n) is 5.93. The zero-order chi connectivity index (χ0) is 22.1. The number of nitrogens with zero attached hydrogens (tertiary/aromatic N) is 2. The molecule has 1 fully saturated rings. The molecule has 0 radical (unpaired) electrons. The van der Waals surface area contributed by atoms with Gasteiger partial charge in [0.2, 0.25) is 10.0 Å². The maximum atomic E-state index is 13.0. The van der Waals surface area contributed by atoms with Gasteiger partial charge in [-0.05, 0) is 42.0 Å². The fourth-order valence-electron chi connectivity index (χ4n) is 4.18. The first-order chi connectivity index (χ1) is 15.5. The van der Waals surface area contributed by atoms with Crippen molar-refractivity contribution >= 4 is 27.3 Å². The number of hydrogen-bond donors (Lipinski definition) is 2. The van der Waals surface area contributed by atoms with E-state index in [0.717, 1.165) is 18.7 Å². The van der Waals surface area contributed by atoms with Crippen molar-refractivity contribution in [2.75, 3.05) is 36.4 Å². The van der Waals surface area contributed by atoms with Crippen molar-refractivity contribution in [2.24, 2.45) is 0 Å². The highest BCUT2D eigenvalue weighted by atomic mass is 32.2. The zero-order valence-electron chi connectivity index (χ0n) is 17.4. The Kier molecular flexibility index (Phi) is 5.32. The molecule has 0 bridgehead atoms. The summed E-state index contributed by atoms with van der Waals surface area (Å²) in [6.07, 6.45) is -0.589. The smallest absolute Gasteiger partial charge is 0.253 e. The molecule has 0 spiro atoms. The SMILES string of the molecule is O=C(c1ccc([C@@H]2Nc3ccccc3S(=O)(=O)N2)cc1)N1CCN(c2ccccc2)CC1. The molecule has 2 heterocycles. The molecule has 3 aromatic rings. The van der Waals surface area contributed by atoms with Gasteiger partial charge in [0.05, 0.1) is 5.69 Å². The van der Waals surface area contributed by atoms with Crippen LogP contribution < -0.4 is 14.9 Å². The molecule has 7 nitrogen and oxygen atoms in total. The summed E-state index contributed by atoms with van der Waals surface area (Å²) in [5.74, 6) is -0.00760. The number of piperazine rings is 1. The third kappa shape index (κ3) is 3.94. The monoisotopic (exact) mass is 448 g/mol. The van der Waals surface area contributed by atoms with Gasteiger partial charge in [-0.3, -0.25) is 4.79 Å². The van der Waals surface area contributed by atoms with Crippen molar-refractivity contribution in [1.29, 1.82) is 0 Å². The van der Waals surface area contributed by atoms with E-state index in [9.17, 15) is 13.2 Å². The minimum atomic E-state index is -3.60. The van der Waals surface area contributed by atoms with Gasteiger partial charge >= 0.3 is 0 Å². The molecule has 3 aromatic carbocycles. The Hall–Kier alpha value is -3.36. The molecule has 2 aliphatic heterocycles. The average molecular weight is 449 g/mol. The molecule has 8 heteroatoms. The van der Waals surface area contributed by atoms with Crippen LogP contribution in [-0.4, -0.2) is 45.4 Å². The first kappa shape index (κ1) is 20.5. The van der Waals surface area contributed by atoms with Crippen molar-refractivity contribution in [3.8, 4) is 0 Å². The predicted molar refractivity (Wildman–Crippen MR) is 124 cm³/mol.